The largest absolute Gasteiger partial charge is 0.494 e. The van der Waals surface area contributed by atoms with Gasteiger partial charge in [0.05, 0.1) is 17.7 Å². The van der Waals surface area contributed by atoms with Crippen molar-refractivity contribution in [3.05, 3.63) is 83.9 Å². The molecule has 3 aromatic carbocycles. The summed E-state index contributed by atoms with van der Waals surface area (Å²) in [6.07, 6.45) is 14.7. The fourth-order valence-electron chi connectivity index (χ4n) is 5.10. The Morgan fingerprint density at radius 1 is 0.568 bits per heavy atom. The van der Waals surface area contributed by atoms with E-state index in [9.17, 15) is 9.59 Å². The number of carbonyl (C=O) groups excluding carboxylic acids is 2. The highest BCUT2D eigenvalue weighted by Crippen LogP contribution is 2.25. The number of unbranched alkanes of at least 4 members (excludes halogenated alkanes) is 9. The molecular formula is C39H52O5. The maximum atomic E-state index is 12.7. The molecule has 0 amide bonds. The van der Waals surface area contributed by atoms with Gasteiger partial charge in [-0.3, -0.25) is 0 Å². The first-order valence-corrected chi connectivity index (χ1v) is 16.8. The topological polar surface area (TPSA) is 61.8 Å². The molecule has 5 nitrogen and oxygen atoms in total. The Morgan fingerprint density at radius 2 is 1.05 bits per heavy atom. The van der Waals surface area contributed by atoms with E-state index in [2.05, 4.69) is 20.8 Å². The van der Waals surface area contributed by atoms with Crippen LogP contribution in [0.25, 0.3) is 11.1 Å². The van der Waals surface area contributed by atoms with Crippen molar-refractivity contribution in [3.8, 4) is 22.6 Å². The van der Waals surface area contributed by atoms with Gasteiger partial charge in [0.1, 0.15) is 17.6 Å². The van der Waals surface area contributed by atoms with Gasteiger partial charge >= 0.3 is 11.9 Å². The minimum atomic E-state index is -0.478. The van der Waals surface area contributed by atoms with Crippen LogP contribution in [0.15, 0.2) is 72.8 Å². The van der Waals surface area contributed by atoms with E-state index in [-0.39, 0.29) is 12.1 Å². The van der Waals surface area contributed by atoms with E-state index < -0.39 is 5.97 Å². The van der Waals surface area contributed by atoms with Crippen LogP contribution in [0.2, 0.25) is 0 Å². The lowest BCUT2D eigenvalue weighted by molar-refractivity contribution is 0.0204. The Hall–Kier alpha value is -3.60. The summed E-state index contributed by atoms with van der Waals surface area (Å²) in [6.45, 7) is 9.23. The summed E-state index contributed by atoms with van der Waals surface area (Å²) in [6, 6.07) is 22.0. The number of esters is 2. The molecule has 0 aliphatic carbocycles. The van der Waals surface area contributed by atoms with Crippen LogP contribution in [-0.2, 0) is 4.74 Å². The molecule has 0 saturated heterocycles. The number of hydrogen-bond donors (Lipinski definition) is 0. The summed E-state index contributed by atoms with van der Waals surface area (Å²) < 4.78 is 17.2. The van der Waals surface area contributed by atoms with E-state index in [4.69, 9.17) is 14.2 Å². The maximum absolute atomic E-state index is 12.7. The average Bonchev–Trinajstić information content (AvgIpc) is 3.04. The summed E-state index contributed by atoms with van der Waals surface area (Å²) in [5, 5.41) is 0. The summed E-state index contributed by atoms with van der Waals surface area (Å²) in [5.41, 5.74) is 2.88. The molecule has 2 atom stereocenters. The smallest absolute Gasteiger partial charge is 0.343 e. The summed E-state index contributed by atoms with van der Waals surface area (Å²) in [7, 11) is 0. The van der Waals surface area contributed by atoms with Crippen LogP contribution in [-0.4, -0.2) is 24.6 Å². The van der Waals surface area contributed by atoms with Crippen LogP contribution in [0, 0.1) is 5.92 Å². The van der Waals surface area contributed by atoms with E-state index in [1.807, 2.05) is 43.3 Å². The average molecular weight is 601 g/mol. The first kappa shape index (κ1) is 34.9. The normalized spacial score (nSPS) is 12.4. The molecule has 0 fully saturated rings. The quantitative estimate of drug-likeness (QED) is 0.0733. The second kappa shape index (κ2) is 19.6. The number of hydrogen-bond acceptors (Lipinski definition) is 5. The molecule has 5 heteroatoms. The number of rotatable bonds is 20. The number of benzene rings is 3. The zero-order valence-electron chi connectivity index (χ0n) is 27.3. The Labute approximate surface area is 265 Å². The first-order chi connectivity index (χ1) is 21.4. The van der Waals surface area contributed by atoms with Crippen molar-refractivity contribution in [2.75, 3.05) is 6.61 Å². The van der Waals surface area contributed by atoms with Crippen LogP contribution in [0.5, 0.6) is 11.5 Å². The molecule has 44 heavy (non-hydrogen) atoms. The van der Waals surface area contributed by atoms with Gasteiger partial charge in [-0.25, -0.2) is 9.59 Å². The van der Waals surface area contributed by atoms with Crippen molar-refractivity contribution in [2.45, 2.75) is 111 Å². The predicted octanol–water partition coefficient (Wildman–Crippen LogP) is 10.9. The van der Waals surface area contributed by atoms with E-state index in [0.29, 0.717) is 22.8 Å². The highest BCUT2D eigenvalue weighted by atomic mass is 16.5. The van der Waals surface area contributed by atoms with E-state index in [1.54, 1.807) is 36.4 Å². The Morgan fingerprint density at radius 3 is 1.61 bits per heavy atom. The first-order valence-electron chi connectivity index (χ1n) is 16.8. The highest BCUT2D eigenvalue weighted by Gasteiger charge is 2.18. The molecule has 0 spiro atoms. The molecule has 0 saturated carbocycles. The fourth-order valence-corrected chi connectivity index (χ4v) is 5.10. The third-order valence-corrected chi connectivity index (χ3v) is 8.23. The van der Waals surface area contributed by atoms with Crippen molar-refractivity contribution < 1.29 is 23.8 Å². The molecule has 0 aliphatic rings. The van der Waals surface area contributed by atoms with Crippen LogP contribution >= 0.6 is 0 Å². The lowest BCUT2D eigenvalue weighted by atomic mass is 9.98. The molecule has 0 bridgehead atoms. The van der Waals surface area contributed by atoms with Gasteiger partial charge in [-0.15, -0.1) is 0 Å². The van der Waals surface area contributed by atoms with Gasteiger partial charge in [0.15, 0.2) is 0 Å². The van der Waals surface area contributed by atoms with Crippen molar-refractivity contribution in [1.29, 1.82) is 0 Å². The van der Waals surface area contributed by atoms with E-state index >= 15 is 0 Å². The second-order valence-electron chi connectivity index (χ2n) is 11.9. The molecule has 0 N–H and O–H groups in total. The molecule has 3 aromatic rings. The molecular weight excluding hydrogens is 548 g/mol. The molecule has 0 aliphatic heterocycles. The van der Waals surface area contributed by atoms with E-state index in [1.165, 1.54) is 57.8 Å². The number of carbonyl (C=O) groups is 2. The van der Waals surface area contributed by atoms with Crippen molar-refractivity contribution in [2.24, 2.45) is 5.92 Å². The molecule has 0 radical (unpaired) electrons. The monoisotopic (exact) mass is 600 g/mol. The zero-order chi connectivity index (χ0) is 31.6. The maximum Gasteiger partial charge on any atom is 0.343 e. The van der Waals surface area contributed by atoms with Gasteiger partial charge in [0.2, 0.25) is 0 Å². The predicted molar refractivity (Wildman–Crippen MR) is 180 cm³/mol. The third-order valence-electron chi connectivity index (χ3n) is 8.23. The molecule has 3 rings (SSSR count). The SMILES string of the molecule is CCCCCCCCCCOc1ccc(-c2ccc(OC(=O)c3ccc(C(=O)O[C@H](C)[C@H](C)CCCCC)cc3)cc2)cc1. The van der Waals surface area contributed by atoms with Crippen LogP contribution in [0.1, 0.15) is 125 Å². The van der Waals surface area contributed by atoms with Gasteiger partial charge in [0.25, 0.3) is 0 Å². The van der Waals surface area contributed by atoms with Crippen LogP contribution in [0.3, 0.4) is 0 Å². The lowest BCUT2D eigenvalue weighted by Crippen LogP contribution is -2.22. The minimum absolute atomic E-state index is 0.164. The summed E-state index contributed by atoms with van der Waals surface area (Å²) in [4.78, 5) is 25.3. The van der Waals surface area contributed by atoms with Gasteiger partial charge in [-0.05, 0) is 85.3 Å². The van der Waals surface area contributed by atoms with Crippen LogP contribution in [0.4, 0.5) is 0 Å². The Bertz CT molecular complexity index is 1230. The van der Waals surface area contributed by atoms with Crippen molar-refractivity contribution in [3.63, 3.8) is 0 Å². The Kier molecular flexibility index (Phi) is 15.6. The molecule has 0 heterocycles. The third kappa shape index (κ3) is 12.2. The lowest BCUT2D eigenvalue weighted by Gasteiger charge is -2.20. The highest BCUT2D eigenvalue weighted by molar-refractivity contribution is 5.94. The second-order valence-corrected chi connectivity index (χ2v) is 11.9. The zero-order valence-corrected chi connectivity index (χ0v) is 27.3. The Balaban J connectivity index is 1.42. The van der Waals surface area contributed by atoms with E-state index in [0.717, 1.165) is 42.7 Å². The molecule has 0 aromatic heterocycles. The molecule has 0 unspecified atom stereocenters. The van der Waals surface area contributed by atoms with Crippen molar-refractivity contribution >= 4 is 11.9 Å². The fraction of sp³-hybridized carbons (Fsp3) is 0.487. The number of ether oxygens (including phenoxy) is 3. The van der Waals surface area contributed by atoms with Gasteiger partial charge in [0, 0.05) is 0 Å². The van der Waals surface area contributed by atoms with Gasteiger partial charge in [-0.2, -0.15) is 0 Å². The van der Waals surface area contributed by atoms with Crippen molar-refractivity contribution in [1.82, 2.24) is 0 Å². The van der Waals surface area contributed by atoms with Crippen LogP contribution < -0.4 is 9.47 Å². The van der Waals surface area contributed by atoms with Gasteiger partial charge < -0.3 is 14.2 Å². The summed E-state index contributed by atoms with van der Waals surface area (Å²) in [5.74, 6) is 0.785. The standard InChI is InChI=1S/C39H52O5/c1-5-7-9-10-11-12-13-15-29-42-36-25-21-32(22-26-36)33-23-27-37(28-24-33)44-39(41)35-19-17-34(18-20-35)38(40)43-31(4)30(3)16-14-8-6-2/h17-28,30-31H,5-16,29H2,1-4H3/t30-,31-/m1/s1. The minimum Gasteiger partial charge on any atom is -0.494 e. The summed E-state index contributed by atoms with van der Waals surface area (Å²) >= 11 is 0. The molecule has 238 valence electrons. The van der Waals surface area contributed by atoms with Gasteiger partial charge in [-0.1, -0.05) is 109 Å².